The monoisotopic (exact) mass is 486 g/mol. The van der Waals surface area contributed by atoms with Crippen LogP contribution in [0.15, 0.2) is 95.7 Å². The third-order valence-corrected chi connectivity index (χ3v) is 6.94. The number of hydrogen-bond acceptors (Lipinski definition) is 3. The van der Waals surface area contributed by atoms with Crippen molar-refractivity contribution >= 4 is 11.6 Å². The first-order valence-electron chi connectivity index (χ1n) is 12.6. The second kappa shape index (κ2) is 13.2. The minimum atomic E-state index is -0.0803. The fraction of sp³-hybridized carbons (Fsp3) is 0.375. The number of allylic oxidation sites excluding steroid dienone is 8. The lowest BCUT2D eigenvalue weighted by Crippen LogP contribution is -2.29. The Morgan fingerprint density at radius 1 is 1.19 bits per heavy atom. The molecular weight excluding hydrogens is 444 g/mol. The van der Waals surface area contributed by atoms with E-state index in [0.29, 0.717) is 18.5 Å². The SMILES string of the molecule is C=C\C=C(/C=C(C)/C(C=C)=C/N=C(\C)Cc1cc(C(=O)N(C)CCO)ccc1C1(CC)CC1)C(=C)C. The molecular formula is C32H42N2O2. The molecule has 0 aliphatic heterocycles. The molecule has 0 aromatic heterocycles. The van der Waals surface area contributed by atoms with Crippen molar-refractivity contribution in [2.24, 2.45) is 4.99 Å². The summed E-state index contributed by atoms with van der Waals surface area (Å²) >= 11 is 0. The molecule has 0 atom stereocenters. The number of aliphatic hydroxyl groups is 1. The number of amides is 1. The van der Waals surface area contributed by atoms with Crippen LogP contribution in [0.5, 0.6) is 0 Å². The Bertz CT molecular complexity index is 1130. The topological polar surface area (TPSA) is 52.9 Å². The number of carbonyl (C=O) groups is 1. The van der Waals surface area contributed by atoms with Crippen molar-refractivity contribution < 1.29 is 9.90 Å². The molecule has 1 N–H and O–H groups in total. The molecule has 0 spiro atoms. The summed E-state index contributed by atoms with van der Waals surface area (Å²) in [4.78, 5) is 19.2. The zero-order chi connectivity index (χ0) is 26.9. The Balaban J connectivity index is 2.40. The van der Waals surface area contributed by atoms with E-state index in [1.54, 1.807) is 18.0 Å². The lowest BCUT2D eigenvalue weighted by atomic mass is 9.86. The Kier molecular flexibility index (Phi) is 10.6. The van der Waals surface area contributed by atoms with Crippen LogP contribution in [0.2, 0.25) is 0 Å². The number of nitrogens with zero attached hydrogens (tertiary/aromatic N) is 2. The fourth-order valence-corrected chi connectivity index (χ4v) is 4.40. The van der Waals surface area contributed by atoms with Gasteiger partial charge in [-0.05, 0) is 85.4 Å². The lowest BCUT2D eigenvalue weighted by molar-refractivity contribution is 0.0767. The van der Waals surface area contributed by atoms with Gasteiger partial charge in [0.15, 0.2) is 0 Å². The van der Waals surface area contributed by atoms with Crippen molar-refractivity contribution in [3.63, 3.8) is 0 Å². The van der Waals surface area contributed by atoms with Crippen LogP contribution in [-0.2, 0) is 11.8 Å². The highest BCUT2D eigenvalue weighted by Gasteiger charge is 2.43. The first-order chi connectivity index (χ1) is 17.1. The molecule has 0 bridgehead atoms. The average Bonchev–Trinajstić information content (AvgIpc) is 3.64. The van der Waals surface area contributed by atoms with Crippen LogP contribution in [0.3, 0.4) is 0 Å². The van der Waals surface area contributed by atoms with Crippen molar-refractivity contribution in [1.29, 1.82) is 0 Å². The number of hydrogen-bond donors (Lipinski definition) is 1. The minimum Gasteiger partial charge on any atom is -0.395 e. The van der Waals surface area contributed by atoms with Gasteiger partial charge in [0.1, 0.15) is 0 Å². The van der Waals surface area contributed by atoms with Gasteiger partial charge in [-0.3, -0.25) is 9.79 Å². The van der Waals surface area contributed by atoms with E-state index in [0.717, 1.165) is 40.0 Å². The molecule has 1 saturated carbocycles. The predicted molar refractivity (Wildman–Crippen MR) is 154 cm³/mol. The molecule has 0 heterocycles. The Labute approximate surface area is 217 Å². The van der Waals surface area contributed by atoms with E-state index in [1.165, 1.54) is 18.4 Å². The maximum Gasteiger partial charge on any atom is 0.253 e. The van der Waals surface area contributed by atoms with Gasteiger partial charge < -0.3 is 10.0 Å². The molecule has 0 unspecified atom stereocenters. The molecule has 1 aliphatic carbocycles. The molecule has 1 aliphatic rings. The molecule has 192 valence electrons. The van der Waals surface area contributed by atoms with Gasteiger partial charge in [0.2, 0.25) is 0 Å². The van der Waals surface area contributed by atoms with E-state index >= 15 is 0 Å². The van der Waals surface area contributed by atoms with Crippen LogP contribution >= 0.6 is 0 Å². The van der Waals surface area contributed by atoms with Crippen molar-refractivity contribution in [2.45, 2.75) is 58.8 Å². The number of likely N-dealkylation sites (N-methyl/N-ethyl adjacent to an activating group) is 1. The molecule has 0 radical (unpaired) electrons. The van der Waals surface area contributed by atoms with Crippen molar-refractivity contribution in [3.8, 4) is 0 Å². The molecule has 1 aromatic rings. The van der Waals surface area contributed by atoms with Crippen LogP contribution < -0.4 is 0 Å². The van der Waals surface area contributed by atoms with Gasteiger partial charge in [-0.2, -0.15) is 0 Å². The van der Waals surface area contributed by atoms with Crippen LogP contribution in [0.4, 0.5) is 0 Å². The second-order valence-corrected chi connectivity index (χ2v) is 9.75. The molecule has 1 amide bonds. The summed E-state index contributed by atoms with van der Waals surface area (Å²) in [5, 5.41) is 9.22. The molecule has 1 fully saturated rings. The van der Waals surface area contributed by atoms with Crippen molar-refractivity contribution in [1.82, 2.24) is 4.90 Å². The molecule has 4 heteroatoms. The van der Waals surface area contributed by atoms with Crippen molar-refractivity contribution in [3.05, 3.63) is 107 Å². The molecule has 1 aromatic carbocycles. The van der Waals surface area contributed by atoms with E-state index in [4.69, 9.17) is 4.99 Å². The molecule has 0 saturated heterocycles. The second-order valence-electron chi connectivity index (χ2n) is 9.75. The number of carbonyl (C=O) groups excluding carboxylic acids is 1. The van der Waals surface area contributed by atoms with Crippen LogP contribution in [0, 0.1) is 0 Å². The first kappa shape index (κ1) is 29.0. The highest BCUT2D eigenvalue weighted by Crippen LogP contribution is 2.52. The molecule has 4 nitrogen and oxygen atoms in total. The van der Waals surface area contributed by atoms with E-state index in [1.807, 2.05) is 51.3 Å². The number of rotatable bonds is 13. The van der Waals surface area contributed by atoms with Gasteiger partial charge in [-0.1, -0.05) is 62.6 Å². The average molecular weight is 487 g/mol. The van der Waals surface area contributed by atoms with E-state index in [2.05, 4.69) is 38.8 Å². The fourth-order valence-electron chi connectivity index (χ4n) is 4.40. The normalized spacial score (nSPS) is 15.9. The van der Waals surface area contributed by atoms with Gasteiger partial charge in [0.25, 0.3) is 5.91 Å². The third-order valence-electron chi connectivity index (χ3n) is 6.94. The van der Waals surface area contributed by atoms with Crippen LogP contribution in [0.25, 0.3) is 0 Å². The molecule has 2 rings (SSSR count). The van der Waals surface area contributed by atoms with Crippen molar-refractivity contribution in [2.75, 3.05) is 20.2 Å². The summed E-state index contributed by atoms with van der Waals surface area (Å²) in [6.07, 6.45) is 13.5. The van der Waals surface area contributed by atoms with Gasteiger partial charge in [-0.25, -0.2) is 0 Å². The first-order valence-corrected chi connectivity index (χ1v) is 12.6. The molecule has 36 heavy (non-hydrogen) atoms. The summed E-state index contributed by atoms with van der Waals surface area (Å²) in [6, 6.07) is 6.07. The van der Waals surface area contributed by atoms with Gasteiger partial charge in [-0.15, -0.1) is 0 Å². The summed E-state index contributed by atoms with van der Waals surface area (Å²) in [5.41, 5.74) is 8.26. The largest absolute Gasteiger partial charge is 0.395 e. The summed E-state index contributed by atoms with van der Waals surface area (Å²) < 4.78 is 0. The highest BCUT2D eigenvalue weighted by molar-refractivity contribution is 5.95. The van der Waals surface area contributed by atoms with Gasteiger partial charge in [0.05, 0.1) is 6.61 Å². The predicted octanol–water partition coefficient (Wildman–Crippen LogP) is 6.90. The number of benzene rings is 1. The maximum atomic E-state index is 12.9. The smallest absolute Gasteiger partial charge is 0.253 e. The van der Waals surface area contributed by atoms with E-state index in [-0.39, 0.29) is 17.9 Å². The number of aliphatic hydroxyl groups excluding tert-OH is 1. The minimum absolute atomic E-state index is 0.0546. The number of aliphatic imine (C=N–C) groups is 1. The standard InChI is InChI=1S/C32H42N2O2/c1-9-12-27(23(4)5)19-24(6)26(10-2)22-33-25(7)20-29-21-28(31(36)34(8)17-18-35)13-14-30(29)32(11-3)15-16-32/h9-10,12-14,19,21-22,35H,1-2,4,11,15-18,20H2,3,5-8H3/b24-19+,26-22+,27-12+,33-25+. The summed E-state index contributed by atoms with van der Waals surface area (Å²) in [6.45, 7) is 20.3. The van der Waals surface area contributed by atoms with Crippen LogP contribution in [0.1, 0.15) is 68.4 Å². The highest BCUT2D eigenvalue weighted by atomic mass is 16.3. The quantitative estimate of drug-likeness (QED) is 0.243. The summed E-state index contributed by atoms with van der Waals surface area (Å²) in [5.74, 6) is -0.0803. The van der Waals surface area contributed by atoms with E-state index in [9.17, 15) is 9.90 Å². The Hall–Kier alpha value is -3.24. The van der Waals surface area contributed by atoms with Gasteiger partial charge >= 0.3 is 0 Å². The van der Waals surface area contributed by atoms with Crippen LogP contribution in [-0.4, -0.2) is 41.8 Å². The zero-order valence-corrected chi connectivity index (χ0v) is 22.7. The Morgan fingerprint density at radius 3 is 2.42 bits per heavy atom. The van der Waals surface area contributed by atoms with E-state index < -0.39 is 0 Å². The zero-order valence-electron chi connectivity index (χ0n) is 22.7. The lowest BCUT2D eigenvalue weighted by Gasteiger charge is -2.21. The van der Waals surface area contributed by atoms with Gasteiger partial charge in [0, 0.05) is 37.5 Å². The third kappa shape index (κ3) is 7.38. The maximum absolute atomic E-state index is 12.9. The Morgan fingerprint density at radius 2 is 1.89 bits per heavy atom. The summed E-state index contributed by atoms with van der Waals surface area (Å²) in [7, 11) is 1.72.